The molecular formula is C33H49N5O8. The number of esters is 1. The van der Waals surface area contributed by atoms with E-state index >= 15 is 0 Å². The standard InChI is InChI=1S/C33H49N5O8/c1-18-13-19(2)28(22(14-18)16-27(42)46-20(3)15-25(34)40)33(5,6)17-26(41)36-29(21(4)39)32(45)38-12-8-10-24(38)31(44)37-11-7-9-23(37)30(35)43/h13-14,20-21,23-24,29,39H,7-12,15-17H2,1-6H3,(H2,34,40)(H2,35,43)(H,36,41)/t20-,21-,23+,24+,29+/m1/s1. The van der Waals surface area contributed by atoms with E-state index in [2.05, 4.69) is 5.32 Å². The van der Waals surface area contributed by atoms with Crippen LogP contribution in [0.25, 0.3) is 0 Å². The predicted molar refractivity (Wildman–Crippen MR) is 169 cm³/mol. The molecule has 0 radical (unpaired) electrons. The number of benzene rings is 1. The molecule has 5 amide bonds. The van der Waals surface area contributed by atoms with Crippen LogP contribution in [-0.4, -0.2) is 93.8 Å². The molecule has 2 fully saturated rings. The van der Waals surface area contributed by atoms with Crippen LogP contribution in [0.15, 0.2) is 12.1 Å². The predicted octanol–water partition coefficient (Wildman–Crippen LogP) is 0.654. The van der Waals surface area contributed by atoms with Crippen LogP contribution in [0.2, 0.25) is 0 Å². The van der Waals surface area contributed by atoms with Gasteiger partial charge in [-0.05, 0) is 75.5 Å². The summed E-state index contributed by atoms with van der Waals surface area (Å²) in [5.41, 5.74) is 13.1. The van der Waals surface area contributed by atoms with Crippen LogP contribution in [0.3, 0.4) is 0 Å². The lowest BCUT2D eigenvalue weighted by atomic mass is 9.75. The highest BCUT2D eigenvalue weighted by Crippen LogP contribution is 2.34. The van der Waals surface area contributed by atoms with Crippen molar-refractivity contribution < 1.29 is 38.6 Å². The molecule has 0 unspecified atom stereocenters. The monoisotopic (exact) mass is 643 g/mol. The minimum atomic E-state index is -1.30. The lowest BCUT2D eigenvalue weighted by molar-refractivity contribution is -0.149. The molecule has 13 nitrogen and oxygen atoms in total. The smallest absolute Gasteiger partial charge is 0.310 e. The van der Waals surface area contributed by atoms with Crippen LogP contribution in [0.4, 0.5) is 0 Å². The summed E-state index contributed by atoms with van der Waals surface area (Å²) >= 11 is 0. The van der Waals surface area contributed by atoms with Gasteiger partial charge in [0.2, 0.25) is 29.5 Å². The number of rotatable bonds is 13. The Morgan fingerprint density at radius 3 is 2.20 bits per heavy atom. The minimum absolute atomic E-state index is 0.0794. The number of hydrogen-bond acceptors (Lipinski definition) is 8. The van der Waals surface area contributed by atoms with E-state index in [-0.39, 0.29) is 31.7 Å². The Balaban J connectivity index is 1.77. The average Bonchev–Trinajstić information content (AvgIpc) is 3.59. The molecule has 0 aromatic heterocycles. The molecule has 254 valence electrons. The molecule has 2 aliphatic rings. The van der Waals surface area contributed by atoms with Gasteiger partial charge in [0.25, 0.3) is 0 Å². The maximum Gasteiger partial charge on any atom is 0.310 e. The van der Waals surface area contributed by atoms with Crippen LogP contribution in [0.1, 0.15) is 88.5 Å². The third-order valence-corrected chi connectivity index (χ3v) is 8.75. The Labute approximate surface area is 270 Å². The summed E-state index contributed by atoms with van der Waals surface area (Å²) in [5, 5.41) is 13.3. The highest BCUT2D eigenvalue weighted by atomic mass is 16.5. The molecule has 13 heteroatoms. The molecule has 1 aromatic rings. The Morgan fingerprint density at radius 1 is 1.00 bits per heavy atom. The Kier molecular flexibility index (Phi) is 11.9. The van der Waals surface area contributed by atoms with Gasteiger partial charge >= 0.3 is 5.97 Å². The van der Waals surface area contributed by atoms with E-state index in [1.54, 1.807) is 6.92 Å². The van der Waals surface area contributed by atoms with Crippen LogP contribution < -0.4 is 16.8 Å². The second-order valence-corrected chi connectivity index (χ2v) is 13.4. The van der Waals surface area contributed by atoms with Crippen molar-refractivity contribution in [2.45, 2.75) is 122 Å². The number of ether oxygens (including phenoxy) is 1. The number of primary amides is 2. The number of aliphatic hydroxyl groups is 1. The topological polar surface area (TPSA) is 202 Å². The van der Waals surface area contributed by atoms with Gasteiger partial charge in [-0.3, -0.25) is 28.8 Å². The van der Waals surface area contributed by atoms with E-state index < -0.39 is 65.3 Å². The number of carbonyl (C=O) groups is 6. The van der Waals surface area contributed by atoms with E-state index in [4.69, 9.17) is 16.2 Å². The van der Waals surface area contributed by atoms with Crippen molar-refractivity contribution in [1.82, 2.24) is 15.1 Å². The van der Waals surface area contributed by atoms with Crippen LogP contribution in [-0.2, 0) is 45.3 Å². The van der Waals surface area contributed by atoms with E-state index in [1.807, 2.05) is 39.8 Å². The number of carbonyl (C=O) groups excluding carboxylic acids is 6. The van der Waals surface area contributed by atoms with E-state index in [0.717, 1.165) is 16.7 Å². The molecule has 0 spiro atoms. The zero-order valence-electron chi connectivity index (χ0n) is 27.8. The number of amides is 5. The summed E-state index contributed by atoms with van der Waals surface area (Å²) in [6.07, 6.45) is -0.125. The summed E-state index contributed by atoms with van der Waals surface area (Å²) in [6.45, 7) is 11.1. The van der Waals surface area contributed by atoms with Crippen molar-refractivity contribution in [1.29, 1.82) is 0 Å². The van der Waals surface area contributed by atoms with Crippen molar-refractivity contribution in [3.63, 3.8) is 0 Å². The first-order valence-electron chi connectivity index (χ1n) is 15.9. The second-order valence-electron chi connectivity index (χ2n) is 13.4. The van der Waals surface area contributed by atoms with Crippen molar-refractivity contribution in [2.75, 3.05) is 13.1 Å². The first-order valence-corrected chi connectivity index (χ1v) is 15.9. The van der Waals surface area contributed by atoms with Crippen molar-refractivity contribution >= 4 is 35.5 Å². The molecular weight excluding hydrogens is 594 g/mol. The quantitative estimate of drug-likeness (QED) is 0.224. The van der Waals surface area contributed by atoms with Crippen molar-refractivity contribution in [3.8, 4) is 0 Å². The Bertz CT molecular complexity index is 1360. The fraction of sp³-hybridized carbons (Fsp3) is 0.636. The summed E-state index contributed by atoms with van der Waals surface area (Å²) in [7, 11) is 0. The Hall–Kier alpha value is -4.00. The molecule has 2 saturated heterocycles. The average molecular weight is 644 g/mol. The summed E-state index contributed by atoms with van der Waals surface area (Å²) in [5.74, 6) is -3.13. The molecule has 3 rings (SSSR count). The van der Waals surface area contributed by atoms with Crippen molar-refractivity contribution in [2.24, 2.45) is 11.5 Å². The van der Waals surface area contributed by atoms with Crippen LogP contribution in [0, 0.1) is 13.8 Å². The van der Waals surface area contributed by atoms with Gasteiger partial charge in [-0.2, -0.15) is 0 Å². The molecule has 0 saturated carbocycles. The third-order valence-electron chi connectivity index (χ3n) is 8.75. The SMILES string of the molecule is Cc1cc(C)c(C(C)(C)CC(=O)N[C@H](C(=O)N2CCC[C@H]2C(=O)N2CCC[C@H]2C(N)=O)[C@@H](C)O)c(CC(=O)O[C@H](C)CC(N)=O)c1. The third kappa shape index (κ3) is 8.83. The highest BCUT2D eigenvalue weighted by molar-refractivity contribution is 5.95. The van der Waals surface area contributed by atoms with Gasteiger partial charge < -0.3 is 36.4 Å². The number of hydrogen-bond donors (Lipinski definition) is 4. The number of nitrogens with zero attached hydrogens (tertiary/aromatic N) is 2. The van der Waals surface area contributed by atoms with Gasteiger partial charge in [0, 0.05) is 19.5 Å². The fourth-order valence-corrected chi connectivity index (χ4v) is 7.00. The van der Waals surface area contributed by atoms with Gasteiger partial charge in [0.1, 0.15) is 24.2 Å². The molecule has 6 N–H and O–H groups in total. The normalized spacial score (nSPS) is 20.2. The van der Waals surface area contributed by atoms with Crippen LogP contribution in [0.5, 0.6) is 0 Å². The van der Waals surface area contributed by atoms with Gasteiger partial charge in [-0.25, -0.2) is 0 Å². The zero-order valence-corrected chi connectivity index (χ0v) is 27.8. The number of likely N-dealkylation sites (tertiary alicyclic amines) is 2. The number of nitrogens with one attached hydrogen (secondary N) is 1. The number of aryl methyl sites for hydroxylation is 2. The first kappa shape index (κ1) is 36.5. The summed E-state index contributed by atoms with van der Waals surface area (Å²) in [6, 6.07) is 0.982. The lowest BCUT2D eigenvalue weighted by Gasteiger charge is -2.34. The zero-order chi connectivity index (χ0) is 34.5. The van der Waals surface area contributed by atoms with Crippen molar-refractivity contribution in [3.05, 3.63) is 34.4 Å². The van der Waals surface area contributed by atoms with Gasteiger partial charge in [-0.15, -0.1) is 0 Å². The maximum absolute atomic E-state index is 13.7. The molecule has 5 atom stereocenters. The lowest BCUT2D eigenvalue weighted by Crippen LogP contribution is -2.58. The first-order chi connectivity index (χ1) is 21.4. The Morgan fingerprint density at radius 2 is 1.61 bits per heavy atom. The molecule has 1 aromatic carbocycles. The molecule has 0 bridgehead atoms. The fourth-order valence-electron chi connectivity index (χ4n) is 7.00. The van der Waals surface area contributed by atoms with Gasteiger partial charge in [0.15, 0.2) is 0 Å². The summed E-state index contributed by atoms with van der Waals surface area (Å²) < 4.78 is 5.38. The molecule has 0 aliphatic carbocycles. The van der Waals surface area contributed by atoms with Gasteiger partial charge in [0.05, 0.1) is 18.9 Å². The number of aliphatic hydroxyl groups excluding tert-OH is 1. The summed E-state index contributed by atoms with van der Waals surface area (Å²) in [4.78, 5) is 79.4. The van der Waals surface area contributed by atoms with E-state index in [1.165, 1.54) is 16.7 Å². The minimum Gasteiger partial charge on any atom is -0.462 e. The molecule has 2 aliphatic heterocycles. The van der Waals surface area contributed by atoms with Gasteiger partial charge in [-0.1, -0.05) is 31.5 Å². The number of nitrogens with two attached hydrogens (primary N) is 2. The largest absolute Gasteiger partial charge is 0.462 e. The van der Waals surface area contributed by atoms with E-state index in [9.17, 15) is 33.9 Å². The maximum atomic E-state index is 13.7. The van der Waals surface area contributed by atoms with Crippen LogP contribution >= 0.6 is 0 Å². The highest BCUT2D eigenvalue weighted by Gasteiger charge is 2.44. The second kappa shape index (κ2) is 15.1. The van der Waals surface area contributed by atoms with E-state index in [0.29, 0.717) is 37.8 Å². The molecule has 2 heterocycles. The molecule has 46 heavy (non-hydrogen) atoms.